The number of amides is 2. The fourth-order valence-corrected chi connectivity index (χ4v) is 3.81. The normalized spacial score (nSPS) is 16.0. The minimum absolute atomic E-state index is 0.157. The molecule has 2 aromatic rings. The lowest BCUT2D eigenvalue weighted by Gasteiger charge is -2.09. The summed E-state index contributed by atoms with van der Waals surface area (Å²) in [5.74, 6) is -4.57. The summed E-state index contributed by atoms with van der Waals surface area (Å²) in [6, 6.07) is 12.0. The van der Waals surface area contributed by atoms with E-state index in [-0.39, 0.29) is 4.90 Å². The first-order chi connectivity index (χ1) is 11.8. The van der Waals surface area contributed by atoms with Gasteiger partial charge in [0, 0.05) is 10.2 Å². The fourth-order valence-electron chi connectivity index (χ4n) is 2.45. The number of nitrogens with one attached hydrogen (secondary N) is 2. The molecule has 1 aliphatic rings. The Morgan fingerprint density at radius 2 is 1.76 bits per heavy atom. The first kappa shape index (κ1) is 17.3. The summed E-state index contributed by atoms with van der Waals surface area (Å²) in [4.78, 5) is 36.4. The van der Waals surface area contributed by atoms with Gasteiger partial charge in [0.2, 0.25) is 11.7 Å². The third kappa shape index (κ3) is 3.33. The fraction of sp³-hybridized carbons (Fsp3) is 0.0625. The molecule has 0 saturated carbocycles. The number of halogens is 1. The minimum atomic E-state index is -4.20. The van der Waals surface area contributed by atoms with Crippen LogP contribution in [0, 0.1) is 0 Å². The second-order valence-corrected chi connectivity index (χ2v) is 7.86. The van der Waals surface area contributed by atoms with E-state index in [1.165, 1.54) is 30.3 Å². The molecule has 0 bridgehead atoms. The second-order valence-electron chi connectivity index (χ2n) is 5.27. The van der Waals surface area contributed by atoms with Crippen LogP contribution in [-0.4, -0.2) is 26.0 Å². The summed E-state index contributed by atoms with van der Waals surface area (Å²) in [5, 5.41) is 2.49. The van der Waals surface area contributed by atoms with E-state index in [4.69, 9.17) is 0 Å². The van der Waals surface area contributed by atoms with Crippen molar-refractivity contribution in [2.24, 2.45) is 0 Å². The highest BCUT2D eigenvalue weighted by molar-refractivity contribution is 9.10. The van der Waals surface area contributed by atoms with Gasteiger partial charge in [-0.25, -0.2) is 13.1 Å². The molecule has 1 atom stereocenters. The van der Waals surface area contributed by atoms with Gasteiger partial charge in [-0.3, -0.25) is 14.4 Å². The van der Waals surface area contributed by atoms with Crippen LogP contribution in [-0.2, 0) is 24.4 Å². The number of hydrogen-bond acceptors (Lipinski definition) is 5. The maximum Gasteiger partial charge on any atom is 0.302 e. The number of sulfonamides is 1. The Balaban J connectivity index is 1.86. The van der Waals surface area contributed by atoms with E-state index in [2.05, 4.69) is 21.2 Å². The number of rotatable bonds is 4. The maximum absolute atomic E-state index is 12.4. The summed E-state index contributed by atoms with van der Waals surface area (Å²) in [6.07, 6.45) is 0. The molecule has 7 nitrogen and oxygen atoms in total. The van der Waals surface area contributed by atoms with Gasteiger partial charge < -0.3 is 5.32 Å². The van der Waals surface area contributed by atoms with Crippen molar-refractivity contribution in [3.8, 4) is 0 Å². The van der Waals surface area contributed by atoms with Crippen molar-refractivity contribution in [2.45, 2.75) is 10.8 Å². The monoisotopic (exact) mass is 422 g/mol. The summed E-state index contributed by atoms with van der Waals surface area (Å²) >= 11 is 3.23. The quantitative estimate of drug-likeness (QED) is 0.573. The molecule has 25 heavy (non-hydrogen) atoms. The predicted molar refractivity (Wildman–Crippen MR) is 92.3 cm³/mol. The van der Waals surface area contributed by atoms with Crippen LogP contribution >= 0.6 is 15.9 Å². The third-order valence-electron chi connectivity index (χ3n) is 3.61. The molecule has 0 aliphatic carbocycles. The van der Waals surface area contributed by atoms with Gasteiger partial charge in [-0.05, 0) is 35.9 Å². The predicted octanol–water partition coefficient (Wildman–Crippen LogP) is 1.56. The molecular weight excluding hydrogens is 412 g/mol. The topological polar surface area (TPSA) is 109 Å². The Bertz CT molecular complexity index is 989. The van der Waals surface area contributed by atoms with Crippen LogP contribution < -0.4 is 10.0 Å². The van der Waals surface area contributed by atoms with E-state index in [0.717, 1.165) is 0 Å². The molecule has 128 valence electrons. The molecule has 0 unspecified atom stereocenters. The molecular formula is C16H11BrN2O5S. The van der Waals surface area contributed by atoms with Gasteiger partial charge in [-0.2, -0.15) is 0 Å². The SMILES string of the molecule is O=C(NS(=O)(=O)c1ccccc1)C(=O)[C@H]1C(=O)Nc2ccc(Br)cc21. The highest BCUT2D eigenvalue weighted by Crippen LogP contribution is 2.35. The summed E-state index contributed by atoms with van der Waals surface area (Å²) in [7, 11) is -4.20. The number of ketones is 1. The van der Waals surface area contributed by atoms with E-state index in [1.807, 2.05) is 0 Å². The lowest BCUT2D eigenvalue weighted by atomic mass is 9.96. The van der Waals surface area contributed by atoms with Crippen molar-refractivity contribution in [2.75, 3.05) is 5.32 Å². The molecule has 0 fully saturated rings. The smallest absolute Gasteiger partial charge is 0.302 e. The number of anilines is 1. The zero-order chi connectivity index (χ0) is 18.2. The van der Waals surface area contributed by atoms with Gasteiger partial charge in [0.05, 0.1) is 4.90 Å². The van der Waals surface area contributed by atoms with Crippen LogP contribution in [0.15, 0.2) is 57.9 Å². The number of fused-ring (bicyclic) bond motifs is 1. The van der Waals surface area contributed by atoms with Crippen molar-refractivity contribution in [1.82, 2.24) is 4.72 Å². The van der Waals surface area contributed by atoms with Gasteiger partial charge in [0.15, 0.2) is 0 Å². The Morgan fingerprint density at radius 3 is 2.44 bits per heavy atom. The lowest BCUT2D eigenvalue weighted by molar-refractivity contribution is -0.139. The van der Waals surface area contributed by atoms with Gasteiger partial charge in [0.25, 0.3) is 10.0 Å². The van der Waals surface area contributed by atoms with Crippen LogP contribution in [0.3, 0.4) is 0 Å². The average Bonchev–Trinajstić information content (AvgIpc) is 2.89. The van der Waals surface area contributed by atoms with Crippen LogP contribution in [0.1, 0.15) is 11.5 Å². The van der Waals surface area contributed by atoms with Gasteiger partial charge >= 0.3 is 5.91 Å². The Morgan fingerprint density at radius 1 is 1.08 bits per heavy atom. The Hall–Kier alpha value is -2.52. The third-order valence-corrected chi connectivity index (χ3v) is 5.45. The first-order valence-electron chi connectivity index (χ1n) is 7.06. The molecule has 3 rings (SSSR count). The molecule has 2 N–H and O–H groups in total. The molecule has 0 radical (unpaired) electrons. The molecule has 9 heteroatoms. The second kappa shape index (κ2) is 6.41. The van der Waals surface area contributed by atoms with Gasteiger partial charge in [0.1, 0.15) is 5.92 Å². The average molecular weight is 423 g/mol. The van der Waals surface area contributed by atoms with Crippen molar-refractivity contribution in [1.29, 1.82) is 0 Å². The molecule has 0 spiro atoms. The van der Waals surface area contributed by atoms with Crippen LogP contribution in [0.5, 0.6) is 0 Å². The molecule has 1 aliphatic heterocycles. The number of carbonyl (C=O) groups is 3. The highest BCUT2D eigenvalue weighted by Gasteiger charge is 2.40. The standard InChI is InChI=1S/C16H11BrN2O5S/c17-9-6-7-12-11(8-9)13(15(21)18-12)14(20)16(22)19-25(23,24)10-4-2-1-3-5-10/h1-8,13H,(H,18,21)(H,19,22)/t13-/m0/s1. The van der Waals surface area contributed by atoms with Crippen LogP contribution in [0.4, 0.5) is 5.69 Å². The van der Waals surface area contributed by atoms with Crippen molar-refractivity contribution in [3.05, 3.63) is 58.6 Å². The van der Waals surface area contributed by atoms with E-state index in [1.54, 1.807) is 22.9 Å². The zero-order valence-corrected chi connectivity index (χ0v) is 14.9. The van der Waals surface area contributed by atoms with Crippen molar-refractivity contribution < 1.29 is 22.8 Å². The largest absolute Gasteiger partial charge is 0.325 e. The Kier molecular flexibility index (Phi) is 4.44. The maximum atomic E-state index is 12.4. The molecule has 0 aromatic heterocycles. The molecule has 0 saturated heterocycles. The number of benzene rings is 2. The van der Waals surface area contributed by atoms with E-state index >= 15 is 0 Å². The summed E-state index contributed by atoms with van der Waals surface area (Å²) in [6.45, 7) is 0. The minimum Gasteiger partial charge on any atom is -0.325 e. The zero-order valence-electron chi connectivity index (χ0n) is 12.5. The van der Waals surface area contributed by atoms with E-state index < -0.39 is 33.5 Å². The van der Waals surface area contributed by atoms with E-state index in [0.29, 0.717) is 15.7 Å². The first-order valence-corrected chi connectivity index (χ1v) is 9.33. The number of hydrogen-bond donors (Lipinski definition) is 2. The summed E-state index contributed by atoms with van der Waals surface area (Å²) in [5.41, 5.74) is 0.724. The van der Waals surface area contributed by atoms with Crippen LogP contribution in [0.2, 0.25) is 0 Å². The highest BCUT2D eigenvalue weighted by atomic mass is 79.9. The number of Topliss-reactive ketones (excluding diaryl/α,β-unsaturated/α-hetero) is 1. The van der Waals surface area contributed by atoms with Gasteiger partial charge in [-0.1, -0.05) is 34.1 Å². The molecule has 1 heterocycles. The lowest BCUT2D eigenvalue weighted by Crippen LogP contribution is -2.40. The molecule has 2 amide bonds. The van der Waals surface area contributed by atoms with Crippen LogP contribution in [0.25, 0.3) is 0 Å². The molecule has 2 aromatic carbocycles. The van der Waals surface area contributed by atoms with Crippen molar-refractivity contribution in [3.63, 3.8) is 0 Å². The van der Waals surface area contributed by atoms with E-state index in [9.17, 15) is 22.8 Å². The summed E-state index contributed by atoms with van der Waals surface area (Å²) < 4.78 is 26.6. The Labute approximate surface area is 151 Å². The van der Waals surface area contributed by atoms with Gasteiger partial charge in [-0.15, -0.1) is 0 Å². The number of carbonyl (C=O) groups excluding carboxylic acids is 3. The van der Waals surface area contributed by atoms with Crippen molar-refractivity contribution >= 4 is 49.2 Å².